The molecule has 4 rings (SSSR count). The second-order valence-corrected chi connectivity index (χ2v) is 7.89. The quantitative estimate of drug-likeness (QED) is 0.683. The lowest BCUT2D eigenvalue weighted by Crippen LogP contribution is -2.34. The number of fused-ring (bicyclic) bond motifs is 1. The van der Waals surface area contributed by atoms with Crippen molar-refractivity contribution >= 4 is 22.8 Å². The molecule has 3 aromatic rings. The van der Waals surface area contributed by atoms with E-state index in [1.165, 1.54) is 0 Å². The maximum absolute atomic E-state index is 13.0. The molecule has 0 aliphatic carbocycles. The third kappa shape index (κ3) is 4.01. The fourth-order valence-corrected chi connectivity index (χ4v) is 4.00. The summed E-state index contributed by atoms with van der Waals surface area (Å²) in [6, 6.07) is 13.7. The monoisotopic (exact) mass is 406 g/mol. The lowest BCUT2D eigenvalue weighted by atomic mass is 10.1. The van der Waals surface area contributed by atoms with Crippen molar-refractivity contribution in [3.8, 4) is 5.75 Å². The Balaban J connectivity index is 1.41. The van der Waals surface area contributed by atoms with Gasteiger partial charge in [0.25, 0.3) is 0 Å². The molecule has 2 aromatic carbocycles. The van der Waals surface area contributed by atoms with Gasteiger partial charge in [0.15, 0.2) is 0 Å². The van der Waals surface area contributed by atoms with Crippen molar-refractivity contribution < 1.29 is 14.3 Å². The van der Waals surface area contributed by atoms with E-state index in [9.17, 15) is 9.59 Å². The molecule has 0 bridgehead atoms. The first-order chi connectivity index (χ1) is 14.4. The van der Waals surface area contributed by atoms with E-state index in [1.54, 1.807) is 24.0 Å². The number of rotatable bonds is 6. The summed E-state index contributed by atoms with van der Waals surface area (Å²) >= 11 is 0. The lowest BCUT2D eigenvalue weighted by molar-refractivity contribution is -0.135. The highest BCUT2D eigenvalue weighted by Gasteiger charge is 2.36. The molecule has 1 N–H and O–H groups in total. The zero-order valence-electron chi connectivity index (χ0n) is 17.5. The number of para-hydroxylation sites is 1. The summed E-state index contributed by atoms with van der Waals surface area (Å²) in [5.41, 5.74) is 3.94. The molecule has 1 saturated heterocycles. The van der Waals surface area contributed by atoms with Crippen LogP contribution in [0.1, 0.15) is 23.4 Å². The van der Waals surface area contributed by atoms with Crippen LogP contribution in [0.4, 0.5) is 0 Å². The summed E-state index contributed by atoms with van der Waals surface area (Å²) in [5, 5.41) is 0. The molecule has 1 fully saturated rings. The van der Waals surface area contributed by atoms with Gasteiger partial charge in [0.2, 0.25) is 11.8 Å². The fraction of sp³-hybridized carbons (Fsp3) is 0.348. The van der Waals surface area contributed by atoms with Crippen molar-refractivity contribution in [3.63, 3.8) is 0 Å². The number of aromatic nitrogens is 2. The smallest absolute Gasteiger partial charge is 0.228 e. The highest BCUT2D eigenvalue weighted by atomic mass is 16.5. The number of ether oxygens (including phenoxy) is 1. The van der Waals surface area contributed by atoms with Crippen LogP contribution >= 0.6 is 0 Å². The van der Waals surface area contributed by atoms with Gasteiger partial charge in [-0.2, -0.15) is 0 Å². The van der Waals surface area contributed by atoms with E-state index in [1.807, 2.05) is 49.4 Å². The minimum absolute atomic E-state index is 0.00753. The van der Waals surface area contributed by atoms with Crippen molar-refractivity contribution in [2.75, 3.05) is 20.7 Å². The van der Waals surface area contributed by atoms with E-state index < -0.39 is 0 Å². The number of imidazole rings is 1. The molecule has 1 aliphatic rings. The standard InChI is InChI=1S/C23H26N4O3/c1-15-8-9-18-19(10-15)25-21(24-18)14-26(2)23(29)17-11-22(28)27(13-17)12-16-6-4-5-7-20(16)30-3/h4-10,17H,11-14H2,1-3H3,(H,24,25). The van der Waals surface area contributed by atoms with Crippen molar-refractivity contribution in [1.29, 1.82) is 0 Å². The molecule has 1 unspecified atom stereocenters. The van der Waals surface area contributed by atoms with Crippen molar-refractivity contribution in [1.82, 2.24) is 19.8 Å². The van der Waals surface area contributed by atoms with E-state index in [4.69, 9.17) is 4.74 Å². The van der Waals surface area contributed by atoms with Gasteiger partial charge in [0.1, 0.15) is 11.6 Å². The number of methoxy groups -OCH3 is 1. The van der Waals surface area contributed by atoms with Crippen LogP contribution in [-0.4, -0.2) is 52.3 Å². The number of benzene rings is 2. The Bertz CT molecular complexity index is 1090. The summed E-state index contributed by atoms with van der Waals surface area (Å²) in [7, 11) is 3.37. The molecule has 30 heavy (non-hydrogen) atoms. The van der Waals surface area contributed by atoms with E-state index in [2.05, 4.69) is 9.97 Å². The number of hydrogen-bond donors (Lipinski definition) is 1. The average Bonchev–Trinajstić information content (AvgIpc) is 3.30. The van der Waals surface area contributed by atoms with Crippen LogP contribution in [0.2, 0.25) is 0 Å². The van der Waals surface area contributed by atoms with Gasteiger partial charge >= 0.3 is 0 Å². The fourth-order valence-electron chi connectivity index (χ4n) is 4.00. The molecule has 1 atom stereocenters. The number of hydrogen-bond acceptors (Lipinski definition) is 4. The number of aryl methyl sites for hydroxylation is 1. The van der Waals surface area contributed by atoms with Gasteiger partial charge in [-0.3, -0.25) is 9.59 Å². The average molecular weight is 406 g/mol. The number of likely N-dealkylation sites (tertiary alicyclic amines) is 1. The van der Waals surface area contributed by atoms with Crippen LogP contribution in [0, 0.1) is 12.8 Å². The van der Waals surface area contributed by atoms with Gasteiger partial charge in [-0.1, -0.05) is 24.3 Å². The molecule has 7 heteroatoms. The number of carbonyl (C=O) groups is 2. The Kier molecular flexibility index (Phi) is 5.44. The Morgan fingerprint density at radius 2 is 2.10 bits per heavy atom. The Labute approximate surface area is 175 Å². The molecule has 1 aromatic heterocycles. The first-order valence-electron chi connectivity index (χ1n) is 10.0. The molecule has 2 amide bonds. The van der Waals surface area contributed by atoms with Gasteiger partial charge in [-0.05, 0) is 30.7 Å². The van der Waals surface area contributed by atoms with E-state index in [-0.39, 0.29) is 24.2 Å². The van der Waals surface area contributed by atoms with Crippen molar-refractivity contribution in [3.05, 3.63) is 59.4 Å². The van der Waals surface area contributed by atoms with E-state index >= 15 is 0 Å². The number of carbonyl (C=O) groups excluding carboxylic acids is 2. The topological polar surface area (TPSA) is 78.5 Å². The summed E-state index contributed by atoms with van der Waals surface area (Å²) < 4.78 is 5.38. The van der Waals surface area contributed by atoms with Gasteiger partial charge in [0, 0.05) is 32.1 Å². The van der Waals surface area contributed by atoms with Gasteiger partial charge < -0.3 is 19.5 Å². The number of nitrogens with one attached hydrogen (secondary N) is 1. The lowest BCUT2D eigenvalue weighted by Gasteiger charge is -2.21. The molecule has 0 spiro atoms. The summed E-state index contributed by atoms with van der Waals surface area (Å²) in [6.45, 7) is 3.27. The summed E-state index contributed by atoms with van der Waals surface area (Å²) in [4.78, 5) is 36.7. The SMILES string of the molecule is COc1ccccc1CN1CC(C(=O)N(C)Cc2nc3ccc(C)cc3[nH]2)CC1=O. The second kappa shape index (κ2) is 8.18. The van der Waals surface area contributed by atoms with Crippen LogP contribution in [-0.2, 0) is 22.7 Å². The van der Waals surface area contributed by atoms with Crippen LogP contribution in [0.25, 0.3) is 11.0 Å². The molecule has 2 heterocycles. The number of H-pyrrole nitrogens is 1. The van der Waals surface area contributed by atoms with Crippen LogP contribution in [0.3, 0.4) is 0 Å². The normalized spacial score (nSPS) is 16.3. The summed E-state index contributed by atoms with van der Waals surface area (Å²) in [6.07, 6.45) is 0.234. The third-order valence-corrected chi connectivity index (χ3v) is 5.57. The van der Waals surface area contributed by atoms with Crippen LogP contribution in [0.5, 0.6) is 5.75 Å². The molecular weight excluding hydrogens is 380 g/mol. The molecule has 0 saturated carbocycles. The van der Waals surface area contributed by atoms with E-state index in [0.717, 1.165) is 33.7 Å². The van der Waals surface area contributed by atoms with Crippen LogP contribution < -0.4 is 4.74 Å². The molecule has 156 valence electrons. The second-order valence-electron chi connectivity index (χ2n) is 7.89. The first kappa shape index (κ1) is 19.9. The highest BCUT2D eigenvalue weighted by molar-refractivity contribution is 5.89. The maximum atomic E-state index is 13.0. The highest BCUT2D eigenvalue weighted by Crippen LogP contribution is 2.26. The van der Waals surface area contributed by atoms with Gasteiger partial charge in [0.05, 0.1) is 30.6 Å². The molecule has 7 nitrogen and oxygen atoms in total. The minimum atomic E-state index is -0.344. The van der Waals surface area contributed by atoms with E-state index in [0.29, 0.717) is 19.6 Å². The number of nitrogens with zero attached hydrogens (tertiary/aromatic N) is 3. The Hall–Kier alpha value is -3.35. The largest absolute Gasteiger partial charge is 0.496 e. The minimum Gasteiger partial charge on any atom is -0.496 e. The first-order valence-corrected chi connectivity index (χ1v) is 10.0. The summed E-state index contributed by atoms with van der Waals surface area (Å²) in [5.74, 6) is 1.09. The van der Waals surface area contributed by atoms with Crippen molar-refractivity contribution in [2.24, 2.45) is 5.92 Å². The van der Waals surface area contributed by atoms with Crippen LogP contribution in [0.15, 0.2) is 42.5 Å². The Morgan fingerprint density at radius 1 is 1.30 bits per heavy atom. The number of amides is 2. The molecule has 0 radical (unpaired) electrons. The molecule has 1 aliphatic heterocycles. The Morgan fingerprint density at radius 3 is 2.90 bits per heavy atom. The third-order valence-electron chi connectivity index (χ3n) is 5.57. The van der Waals surface area contributed by atoms with Gasteiger partial charge in [-0.15, -0.1) is 0 Å². The zero-order chi connectivity index (χ0) is 21.3. The maximum Gasteiger partial charge on any atom is 0.228 e. The predicted octanol–water partition coefficient (Wildman–Crippen LogP) is 2.89. The molecular formula is C23H26N4O3. The number of aromatic amines is 1. The van der Waals surface area contributed by atoms with Gasteiger partial charge in [-0.25, -0.2) is 4.98 Å². The van der Waals surface area contributed by atoms with Crippen molar-refractivity contribution in [2.45, 2.75) is 26.4 Å². The predicted molar refractivity (Wildman–Crippen MR) is 114 cm³/mol. The zero-order valence-corrected chi connectivity index (χ0v) is 17.5.